The summed E-state index contributed by atoms with van der Waals surface area (Å²) in [6, 6.07) is 10.5. The molecule has 0 bridgehead atoms. The molecule has 120 valence electrons. The minimum atomic E-state index is -2.89. The maximum absolute atomic E-state index is 12.3. The van der Waals surface area contributed by atoms with Gasteiger partial charge in [0.15, 0.2) is 9.84 Å². The lowest BCUT2D eigenvalue weighted by molar-refractivity contribution is -0.133. The van der Waals surface area contributed by atoms with E-state index < -0.39 is 9.84 Å². The fourth-order valence-corrected chi connectivity index (χ4v) is 5.46. The van der Waals surface area contributed by atoms with Gasteiger partial charge in [0, 0.05) is 19.5 Å². The van der Waals surface area contributed by atoms with E-state index in [4.69, 9.17) is 0 Å². The molecule has 5 heteroatoms. The zero-order chi connectivity index (χ0) is 15.6. The van der Waals surface area contributed by atoms with Crippen molar-refractivity contribution in [1.29, 1.82) is 0 Å². The van der Waals surface area contributed by atoms with Gasteiger partial charge in [-0.15, -0.1) is 0 Å². The number of likely N-dealkylation sites (tertiary alicyclic amines) is 1. The average Bonchev–Trinajstić information content (AvgIpc) is 2.87. The largest absolute Gasteiger partial charge is 0.343 e. The Morgan fingerprint density at radius 3 is 2.36 bits per heavy atom. The Bertz CT molecular complexity index is 619. The van der Waals surface area contributed by atoms with Crippen molar-refractivity contribution in [3.63, 3.8) is 0 Å². The van der Waals surface area contributed by atoms with Crippen LogP contribution in [0.25, 0.3) is 0 Å². The maximum atomic E-state index is 12.3. The molecule has 1 atom stereocenters. The van der Waals surface area contributed by atoms with Crippen LogP contribution in [0.4, 0.5) is 0 Å². The highest BCUT2D eigenvalue weighted by molar-refractivity contribution is 7.91. The number of hydrogen-bond acceptors (Lipinski definition) is 3. The van der Waals surface area contributed by atoms with Crippen molar-refractivity contribution in [2.45, 2.75) is 31.6 Å². The van der Waals surface area contributed by atoms with Crippen LogP contribution < -0.4 is 0 Å². The molecule has 2 aliphatic heterocycles. The molecule has 0 radical (unpaired) electrons. The molecule has 1 aromatic rings. The van der Waals surface area contributed by atoms with Gasteiger partial charge in [-0.3, -0.25) is 4.79 Å². The van der Waals surface area contributed by atoms with Gasteiger partial charge in [-0.25, -0.2) is 8.42 Å². The van der Waals surface area contributed by atoms with E-state index in [-0.39, 0.29) is 23.3 Å². The van der Waals surface area contributed by atoms with Crippen molar-refractivity contribution in [2.75, 3.05) is 24.6 Å². The van der Waals surface area contributed by atoms with E-state index in [0.29, 0.717) is 18.8 Å². The van der Waals surface area contributed by atoms with E-state index in [1.807, 2.05) is 11.0 Å². The molecule has 0 aromatic heterocycles. The second kappa shape index (κ2) is 6.41. The number of hydrogen-bond donors (Lipinski definition) is 0. The molecule has 0 saturated carbocycles. The van der Waals surface area contributed by atoms with Crippen LogP contribution in [0.2, 0.25) is 0 Å². The summed E-state index contributed by atoms with van der Waals surface area (Å²) in [5, 5.41) is 0. The Labute approximate surface area is 132 Å². The third kappa shape index (κ3) is 3.69. The molecule has 22 heavy (non-hydrogen) atoms. The van der Waals surface area contributed by atoms with Crippen LogP contribution in [0.1, 0.15) is 37.2 Å². The second-order valence-electron chi connectivity index (χ2n) is 6.54. The lowest BCUT2D eigenvalue weighted by Gasteiger charge is -2.32. The Balaban J connectivity index is 1.50. The summed E-state index contributed by atoms with van der Waals surface area (Å²) in [5.41, 5.74) is 1.36. The van der Waals surface area contributed by atoms with E-state index in [1.54, 1.807) is 0 Å². The number of piperidine rings is 1. The smallest absolute Gasteiger partial charge is 0.222 e. The Morgan fingerprint density at radius 1 is 1.09 bits per heavy atom. The summed E-state index contributed by atoms with van der Waals surface area (Å²) in [5.74, 6) is 1.15. The van der Waals surface area contributed by atoms with Gasteiger partial charge in [0.25, 0.3) is 0 Å². The van der Waals surface area contributed by atoms with Gasteiger partial charge in [-0.1, -0.05) is 30.3 Å². The van der Waals surface area contributed by atoms with E-state index in [0.717, 1.165) is 25.9 Å². The zero-order valence-electron chi connectivity index (χ0n) is 12.8. The summed E-state index contributed by atoms with van der Waals surface area (Å²) < 4.78 is 22.9. The monoisotopic (exact) mass is 321 g/mol. The van der Waals surface area contributed by atoms with Crippen LogP contribution in [0.5, 0.6) is 0 Å². The molecular formula is C17H23NO3S. The highest BCUT2D eigenvalue weighted by atomic mass is 32.2. The fraction of sp³-hybridized carbons (Fsp3) is 0.588. The van der Waals surface area contributed by atoms with Gasteiger partial charge < -0.3 is 4.90 Å². The maximum Gasteiger partial charge on any atom is 0.222 e. The number of benzene rings is 1. The van der Waals surface area contributed by atoms with E-state index >= 15 is 0 Å². The van der Waals surface area contributed by atoms with Crippen molar-refractivity contribution >= 4 is 15.7 Å². The Hall–Kier alpha value is -1.36. The minimum absolute atomic E-state index is 0.0318. The van der Waals surface area contributed by atoms with Crippen LogP contribution in [-0.2, 0) is 14.6 Å². The molecule has 4 nitrogen and oxygen atoms in total. The first-order chi connectivity index (χ1) is 10.5. The quantitative estimate of drug-likeness (QED) is 0.858. The number of rotatable bonds is 3. The first kappa shape index (κ1) is 15.5. The molecule has 2 aliphatic rings. The van der Waals surface area contributed by atoms with Crippen molar-refractivity contribution in [3.8, 4) is 0 Å². The molecule has 1 unspecified atom stereocenters. The third-order valence-corrected chi connectivity index (χ3v) is 6.75. The molecule has 2 saturated heterocycles. The average molecular weight is 321 g/mol. The molecular weight excluding hydrogens is 298 g/mol. The first-order valence-corrected chi connectivity index (χ1v) is 9.89. The third-order valence-electron chi connectivity index (χ3n) is 4.91. The van der Waals surface area contributed by atoms with Crippen molar-refractivity contribution in [1.82, 2.24) is 4.90 Å². The van der Waals surface area contributed by atoms with E-state index in [9.17, 15) is 13.2 Å². The summed E-state index contributed by atoms with van der Waals surface area (Å²) in [7, 11) is -2.89. The summed E-state index contributed by atoms with van der Waals surface area (Å²) in [6.07, 6.45) is 3.04. The molecule has 2 heterocycles. The summed E-state index contributed by atoms with van der Waals surface area (Å²) in [4.78, 5) is 14.3. The van der Waals surface area contributed by atoms with Crippen molar-refractivity contribution in [3.05, 3.63) is 35.9 Å². The van der Waals surface area contributed by atoms with E-state index in [1.165, 1.54) is 5.56 Å². The van der Waals surface area contributed by atoms with Gasteiger partial charge in [-0.2, -0.15) is 0 Å². The molecule has 2 fully saturated rings. The standard InChI is InChI=1S/C17H23NO3S/c19-17(12-14-8-11-22(20,21)13-14)18-9-6-16(7-10-18)15-4-2-1-3-5-15/h1-5,14,16H,6-13H2. The van der Waals surface area contributed by atoms with Gasteiger partial charge in [0.1, 0.15) is 0 Å². The molecule has 0 spiro atoms. The lowest BCUT2D eigenvalue weighted by atomic mass is 9.89. The topological polar surface area (TPSA) is 54.5 Å². The van der Waals surface area contributed by atoms with Crippen LogP contribution in [0.15, 0.2) is 30.3 Å². The minimum Gasteiger partial charge on any atom is -0.343 e. The van der Waals surface area contributed by atoms with Crippen molar-refractivity contribution in [2.24, 2.45) is 5.92 Å². The summed E-state index contributed by atoms with van der Waals surface area (Å²) in [6.45, 7) is 1.58. The predicted molar refractivity (Wildman–Crippen MR) is 86.4 cm³/mol. The van der Waals surface area contributed by atoms with Crippen LogP contribution in [-0.4, -0.2) is 43.8 Å². The van der Waals surface area contributed by atoms with Crippen LogP contribution in [0.3, 0.4) is 0 Å². The number of carbonyl (C=O) groups is 1. The van der Waals surface area contributed by atoms with Crippen LogP contribution >= 0.6 is 0 Å². The second-order valence-corrected chi connectivity index (χ2v) is 8.77. The normalized spacial score (nSPS) is 25.3. The molecule has 1 aromatic carbocycles. The molecule has 0 N–H and O–H groups in total. The number of carbonyl (C=O) groups excluding carboxylic acids is 1. The Kier molecular flexibility index (Phi) is 4.52. The van der Waals surface area contributed by atoms with Gasteiger partial charge in [-0.05, 0) is 36.7 Å². The van der Waals surface area contributed by atoms with Gasteiger partial charge in [0.05, 0.1) is 11.5 Å². The number of amides is 1. The predicted octanol–water partition coefficient (Wildman–Crippen LogP) is 2.22. The molecule has 3 rings (SSSR count). The van der Waals surface area contributed by atoms with Crippen molar-refractivity contribution < 1.29 is 13.2 Å². The van der Waals surface area contributed by atoms with E-state index in [2.05, 4.69) is 24.3 Å². The number of nitrogens with zero attached hydrogens (tertiary/aromatic N) is 1. The lowest BCUT2D eigenvalue weighted by Crippen LogP contribution is -2.38. The number of sulfone groups is 1. The first-order valence-electron chi connectivity index (χ1n) is 8.07. The van der Waals surface area contributed by atoms with Crippen LogP contribution in [0, 0.1) is 5.92 Å². The zero-order valence-corrected chi connectivity index (χ0v) is 13.6. The van der Waals surface area contributed by atoms with Gasteiger partial charge in [0.2, 0.25) is 5.91 Å². The highest BCUT2D eigenvalue weighted by Gasteiger charge is 2.31. The molecule has 1 amide bonds. The highest BCUT2D eigenvalue weighted by Crippen LogP contribution is 2.29. The SMILES string of the molecule is O=C(CC1CCS(=O)(=O)C1)N1CCC(c2ccccc2)CC1. The van der Waals surface area contributed by atoms with Gasteiger partial charge >= 0.3 is 0 Å². The fourth-order valence-electron chi connectivity index (χ4n) is 3.60. The Morgan fingerprint density at radius 2 is 1.77 bits per heavy atom. The molecule has 0 aliphatic carbocycles. The summed E-state index contributed by atoms with van der Waals surface area (Å²) >= 11 is 0.